The van der Waals surface area contributed by atoms with Crippen LogP contribution in [0.2, 0.25) is 0 Å². The van der Waals surface area contributed by atoms with Crippen LogP contribution in [0.25, 0.3) is 11.3 Å². The summed E-state index contributed by atoms with van der Waals surface area (Å²) in [5.41, 5.74) is 3.84. The van der Waals surface area contributed by atoms with E-state index in [4.69, 9.17) is 4.74 Å². The molecule has 0 fully saturated rings. The van der Waals surface area contributed by atoms with Crippen molar-refractivity contribution in [3.63, 3.8) is 0 Å². The van der Waals surface area contributed by atoms with Gasteiger partial charge in [-0.3, -0.25) is 0 Å². The van der Waals surface area contributed by atoms with E-state index in [-0.39, 0.29) is 6.09 Å². The van der Waals surface area contributed by atoms with E-state index in [0.29, 0.717) is 12.3 Å². The number of nitrogens with one attached hydrogen (secondary N) is 1. The van der Waals surface area contributed by atoms with E-state index in [0.717, 1.165) is 32.2 Å². The van der Waals surface area contributed by atoms with E-state index in [1.807, 2.05) is 24.3 Å². The first kappa shape index (κ1) is 19.7. The van der Waals surface area contributed by atoms with Crippen molar-refractivity contribution in [3.8, 4) is 17.0 Å². The standard InChI is InChI=1S/C24H28N2O2/c1-20-16-17-23(21-12-6-4-7-13-21)26(20)19-11-3-2-10-18-25-24(27)28-22-14-8-5-9-15-22/h4-9,12-17H,2-3,10-11,18-19H2,1H3,(H,25,27). The van der Waals surface area contributed by atoms with Gasteiger partial charge in [-0.15, -0.1) is 0 Å². The van der Waals surface area contributed by atoms with Gasteiger partial charge in [0.25, 0.3) is 0 Å². The molecule has 1 N–H and O–H groups in total. The van der Waals surface area contributed by atoms with Gasteiger partial charge in [0.1, 0.15) is 5.75 Å². The van der Waals surface area contributed by atoms with Gasteiger partial charge < -0.3 is 14.6 Å². The van der Waals surface area contributed by atoms with E-state index in [1.165, 1.54) is 17.0 Å². The summed E-state index contributed by atoms with van der Waals surface area (Å²) in [5.74, 6) is 0.566. The van der Waals surface area contributed by atoms with Gasteiger partial charge in [-0.1, -0.05) is 61.4 Å². The Morgan fingerprint density at radius 1 is 0.857 bits per heavy atom. The number of hydrogen-bond donors (Lipinski definition) is 1. The minimum Gasteiger partial charge on any atom is -0.410 e. The highest BCUT2D eigenvalue weighted by Gasteiger charge is 2.07. The van der Waals surface area contributed by atoms with Crippen molar-refractivity contribution in [2.24, 2.45) is 0 Å². The Kier molecular flexibility index (Phi) is 7.30. The van der Waals surface area contributed by atoms with Crippen LogP contribution in [-0.2, 0) is 6.54 Å². The molecule has 1 amide bonds. The van der Waals surface area contributed by atoms with Gasteiger partial charge in [0, 0.05) is 24.5 Å². The van der Waals surface area contributed by atoms with E-state index in [9.17, 15) is 4.79 Å². The molecule has 3 rings (SSSR count). The maximum absolute atomic E-state index is 11.7. The number of nitrogens with zero attached hydrogens (tertiary/aromatic N) is 1. The monoisotopic (exact) mass is 376 g/mol. The number of unbranched alkanes of at least 4 members (excludes halogenated alkanes) is 3. The molecule has 0 saturated heterocycles. The molecule has 28 heavy (non-hydrogen) atoms. The molecule has 0 spiro atoms. The molecule has 2 aromatic carbocycles. The fourth-order valence-electron chi connectivity index (χ4n) is 3.30. The molecular formula is C24H28N2O2. The molecule has 4 heteroatoms. The van der Waals surface area contributed by atoms with E-state index >= 15 is 0 Å². The maximum atomic E-state index is 11.7. The predicted octanol–water partition coefficient (Wildman–Crippen LogP) is 5.81. The molecule has 1 aromatic heterocycles. The lowest BCUT2D eigenvalue weighted by Gasteiger charge is -2.12. The third-order valence-corrected chi connectivity index (χ3v) is 4.80. The first-order chi connectivity index (χ1) is 13.7. The highest BCUT2D eigenvalue weighted by atomic mass is 16.5. The number of carbonyl (C=O) groups is 1. The first-order valence-corrected chi connectivity index (χ1v) is 9.96. The van der Waals surface area contributed by atoms with Crippen LogP contribution < -0.4 is 10.1 Å². The summed E-state index contributed by atoms with van der Waals surface area (Å²) in [5, 5.41) is 2.81. The molecule has 146 valence electrons. The molecule has 1 heterocycles. The minimum absolute atomic E-state index is 0.387. The van der Waals surface area contributed by atoms with Gasteiger partial charge in [0.15, 0.2) is 0 Å². The number of carbonyl (C=O) groups excluding carboxylic acids is 1. The molecule has 0 atom stereocenters. The zero-order valence-corrected chi connectivity index (χ0v) is 16.4. The van der Waals surface area contributed by atoms with Gasteiger partial charge in [0.05, 0.1) is 0 Å². The van der Waals surface area contributed by atoms with Gasteiger partial charge >= 0.3 is 6.09 Å². The van der Waals surface area contributed by atoms with Crippen LogP contribution in [-0.4, -0.2) is 17.2 Å². The lowest BCUT2D eigenvalue weighted by molar-refractivity contribution is 0.200. The van der Waals surface area contributed by atoms with Gasteiger partial charge in [-0.2, -0.15) is 0 Å². The largest absolute Gasteiger partial charge is 0.412 e. The number of rotatable bonds is 9. The quantitative estimate of drug-likeness (QED) is 0.479. The van der Waals surface area contributed by atoms with Crippen LogP contribution in [0.3, 0.4) is 0 Å². The minimum atomic E-state index is -0.387. The first-order valence-electron chi connectivity index (χ1n) is 9.96. The zero-order chi connectivity index (χ0) is 19.6. The Labute approximate surface area is 167 Å². The third kappa shape index (κ3) is 5.74. The molecule has 0 bridgehead atoms. The van der Waals surface area contributed by atoms with Crippen LogP contribution in [0.5, 0.6) is 5.75 Å². The molecule has 0 radical (unpaired) electrons. The molecule has 3 aromatic rings. The molecule has 0 aliphatic heterocycles. The van der Waals surface area contributed by atoms with Gasteiger partial charge in [-0.25, -0.2) is 4.79 Å². The van der Waals surface area contributed by atoms with E-state index < -0.39 is 0 Å². The predicted molar refractivity (Wildman–Crippen MR) is 114 cm³/mol. The average molecular weight is 377 g/mol. The van der Waals surface area contributed by atoms with Crippen LogP contribution >= 0.6 is 0 Å². The second kappa shape index (κ2) is 10.4. The van der Waals surface area contributed by atoms with Crippen molar-refractivity contribution in [2.75, 3.05) is 6.54 Å². The van der Waals surface area contributed by atoms with Gasteiger partial charge in [-0.05, 0) is 49.6 Å². The van der Waals surface area contributed by atoms with Crippen LogP contribution in [0.4, 0.5) is 4.79 Å². The Bertz CT molecular complexity index is 857. The number of amides is 1. The van der Waals surface area contributed by atoms with Crippen molar-refractivity contribution < 1.29 is 9.53 Å². The topological polar surface area (TPSA) is 43.3 Å². The SMILES string of the molecule is Cc1ccc(-c2ccccc2)n1CCCCCCNC(=O)Oc1ccccc1. The van der Waals surface area contributed by atoms with Crippen molar-refractivity contribution in [1.82, 2.24) is 9.88 Å². The number of benzene rings is 2. The van der Waals surface area contributed by atoms with Crippen LogP contribution in [0, 0.1) is 6.92 Å². The Morgan fingerprint density at radius 3 is 2.29 bits per heavy atom. The lowest BCUT2D eigenvalue weighted by atomic mass is 10.1. The molecule has 4 nitrogen and oxygen atoms in total. The third-order valence-electron chi connectivity index (χ3n) is 4.80. The molecule has 0 aliphatic rings. The average Bonchev–Trinajstić information content (AvgIpc) is 3.09. The number of aromatic nitrogens is 1. The zero-order valence-electron chi connectivity index (χ0n) is 16.4. The fourth-order valence-corrected chi connectivity index (χ4v) is 3.30. The summed E-state index contributed by atoms with van der Waals surface area (Å²) < 4.78 is 7.60. The van der Waals surface area contributed by atoms with Crippen molar-refractivity contribution in [2.45, 2.75) is 39.2 Å². The van der Waals surface area contributed by atoms with E-state index in [1.54, 1.807) is 12.1 Å². The molecule has 0 unspecified atom stereocenters. The Balaban J connectivity index is 1.34. The molecule has 0 saturated carbocycles. The number of para-hydroxylation sites is 1. The summed E-state index contributed by atoms with van der Waals surface area (Å²) in [6.07, 6.45) is 3.93. The number of ether oxygens (including phenoxy) is 1. The van der Waals surface area contributed by atoms with E-state index in [2.05, 4.69) is 53.2 Å². The second-order valence-corrected chi connectivity index (χ2v) is 6.92. The summed E-state index contributed by atoms with van der Waals surface area (Å²) in [6.45, 7) is 3.82. The fraction of sp³-hybridized carbons (Fsp3) is 0.292. The smallest absolute Gasteiger partial charge is 0.410 e. The number of hydrogen-bond acceptors (Lipinski definition) is 2. The lowest BCUT2D eigenvalue weighted by Crippen LogP contribution is -2.27. The summed E-state index contributed by atoms with van der Waals surface area (Å²) in [4.78, 5) is 11.7. The Hall–Kier alpha value is -3.01. The van der Waals surface area contributed by atoms with Crippen LogP contribution in [0.1, 0.15) is 31.4 Å². The van der Waals surface area contributed by atoms with Crippen molar-refractivity contribution >= 4 is 6.09 Å². The molecule has 0 aliphatic carbocycles. The van der Waals surface area contributed by atoms with Crippen LogP contribution in [0.15, 0.2) is 72.8 Å². The normalized spacial score (nSPS) is 10.6. The number of aryl methyl sites for hydroxylation is 1. The summed E-state index contributed by atoms with van der Waals surface area (Å²) >= 11 is 0. The molecular weight excluding hydrogens is 348 g/mol. The highest BCUT2D eigenvalue weighted by Crippen LogP contribution is 2.23. The summed E-state index contributed by atoms with van der Waals surface area (Å²) in [7, 11) is 0. The summed E-state index contributed by atoms with van der Waals surface area (Å²) in [6, 6.07) is 24.0. The van der Waals surface area contributed by atoms with Gasteiger partial charge in [0.2, 0.25) is 0 Å². The van der Waals surface area contributed by atoms with Crippen molar-refractivity contribution in [3.05, 3.63) is 78.5 Å². The Morgan fingerprint density at radius 2 is 1.54 bits per heavy atom. The van der Waals surface area contributed by atoms with Crippen molar-refractivity contribution in [1.29, 1.82) is 0 Å². The maximum Gasteiger partial charge on any atom is 0.412 e. The highest BCUT2D eigenvalue weighted by molar-refractivity contribution is 5.70. The second-order valence-electron chi connectivity index (χ2n) is 6.92.